The van der Waals surface area contributed by atoms with Crippen molar-refractivity contribution in [3.8, 4) is 0 Å². The lowest BCUT2D eigenvalue weighted by Gasteiger charge is -2.33. The summed E-state index contributed by atoms with van der Waals surface area (Å²) in [7, 11) is 1.85. The molecule has 0 bridgehead atoms. The highest BCUT2D eigenvalue weighted by Crippen LogP contribution is 2.11. The molecule has 2 rings (SSSR count). The van der Waals surface area contributed by atoms with Crippen LogP contribution in [0.4, 0.5) is 0 Å². The number of thiocarbonyl (C=S) groups is 1. The smallest absolute Gasteiger partial charge is 0.220 e. The van der Waals surface area contributed by atoms with E-state index in [0.29, 0.717) is 6.42 Å². The monoisotopic (exact) mass is 305 g/mol. The summed E-state index contributed by atoms with van der Waals surface area (Å²) in [5.41, 5.74) is 1.21. The van der Waals surface area contributed by atoms with E-state index in [-0.39, 0.29) is 11.9 Å². The number of carbonyl (C=O) groups is 1. The van der Waals surface area contributed by atoms with E-state index in [2.05, 4.69) is 27.7 Å². The van der Waals surface area contributed by atoms with Crippen LogP contribution in [0.25, 0.3) is 0 Å². The van der Waals surface area contributed by atoms with Crippen LogP contribution in [-0.2, 0) is 11.2 Å². The van der Waals surface area contributed by atoms with E-state index in [1.165, 1.54) is 5.56 Å². The van der Waals surface area contributed by atoms with Crippen molar-refractivity contribution < 1.29 is 4.79 Å². The molecule has 0 aromatic heterocycles. The number of carbonyl (C=O) groups excluding carboxylic acids is 1. The number of benzene rings is 1. The average molecular weight is 305 g/mol. The SMILES string of the molecule is CNC(=S)N1CCC(NC(=O)CCc2ccccc2)CC1. The van der Waals surface area contributed by atoms with Gasteiger partial charge in [-0.2, -0.15) is 0 Å². The van der Waals surface area contributed by atoms with Crippen molar-refractivity contribution in [3.05, 3.63) is 35.9 Å². The lowest BCUT2D eigenvalue weighted by Crippen LogP contribution is -2.48. The standard InChI is InChI=1S/C16H23N3OS/c1-17-16(21)19-11-9-14(10-12-19)18-15(20)8-7-13-5-3-2-4-6-13/h2-6,14H,7-12H2,1H3,(H,17,21)(H,18,20). The normalized spacial score (nSPS) is 15.6. The van der Waals surface area contributed by atoms with Crippen LogP contribution in [0, 0.1) is 0 Å². The van der Waals surface area contributed by atoms with Gasteiger partial charge in [-0.3, -0.25) is 4.79 Å². The topological polar surface area (TPSA) is 44.4 Å². The molecule has 1 fully saturated rings. The van der Waals surface area contributed by atoms with E-state index in [1.807, 2.05) is 25.2 Å². The first-order valence-corrected chi connectivity index (χ1v) is 7.90. The fourth-order valence-electron chi connectivity index (χ4n) is 2.59. The zero-order valence-electron chi connectivity index (χ0n) is 12.5. The van der Waals surface area contributed by atoms with Crippen LogP contribution in [0.1, 0.15) is 24.8 Å². The first kappa shape index (κ1) is 15.8. The van der Waals surface area contributed by atoms with Crippen LogP contribution in [0.5, 0.6) is 0 Å². The third-order valence-corrected chi connectivity index (χ3v) is 4.31. The number of hydrogen-bond acceptors (Lipinski definition) is 2. The molecule has 1 aromatic rings. The molecule has 21 heavy (non-hydrogen) atoms. The molecule has 1 heterocycles. The van der Waals surface area contributed by atoms with Crippen LogP contribution in [-0.4, -0.2) is 42.1 Å². The van der Waals surface area contributed by atoms with Gasteiger partial charge in [-0.25, -0.2) is 0 Å². The molecule has 0 saturated carbocycles. The molecular formula is C16H23N3OS. The summed E-state index contributed by atoms with van der Waals surface area (Å²) < 4.78 is 0. The van der Waals surface area contributed by atoms with Gasteiger partial charge in [0.1, 0.15) is 0 Å². The summed E-state index contributed by atoms with van der Waals surface area (Å²) in [6.07, 6.45) is 3.27. The van der Waals surface area contributed by atoms with Gasteiger partial charge >= 0.3 is 0 Å². The van der Waals surface area contributed by atoms with Gasteiger partial charge in [0.25, 0.3) is 0 Å². The van der Waals surface area contributed by atoms with Crippen molar-refractivity contribution in [2.75, 3.05) is 20.1 Å². The molecule has 1 saturated heterocycles. The first-order valence-electron chi connectivity index (χ1n) is 7.49. The van der Waals surface area contributed by atoms with Crippen molar-refractivity contribution in [2.24, 2.45) is 0 Å². The van der Waals surface area contributed by atoms with Gasteiger partial charge in [0.2, 0.25) is 5.91 Å². The van der Waals surface area contributed by atoms with Crippen LogP contribution in [0.3, 0.4) is 0 Å². The van der Waals surface area contributed by atoms with Crippen molar-refractivity contribution >= 4 is 23.2 Å². The highest BCUT2D eigenvalue weighted by Gasteiger charge is 2.21. The summed E-state index contributed by atoms with van der Waals surface area (Å²) in [6.45, 7) is 1.81. The van der Waals surface area contributed by atoms with Crippen LogP contribution < -0.4 is 10.6 Å². The van der Waals surface area contributed by atoms with Gasteiger partial charge in [-0.05, 0) is 37.0 Å². The molecule has 1 aliphatic heterocycles. The molecule has 0 spiro atoms. The molecule has 4 nitrogen and oxygen atoms in total. The Balaban J connectivity index is 1.68. The van der Waals surface area contributed by atoms with Gasteiger partial charge in [0, 0.05) is 32.6 Å². The lowest BCUT2D eigenvalue weighted by molar-refractivity contribution is -0.122. The maximum Gasteiger partial charge on any atom is 0.220 e. The Kier molecular flexibility index (Phi) is 5.99. The predicted molar refractivity (Wildman–Crippen MR) is 89.2 cm³/mol. The maximum atomic E-state index is 12.0. The Morgan fingerprint density at radius 3 is 2.57 bits per heavy atom. The van der Waals surface area contributed by atoms with Crippen LogP contribution >= 0.6 is 12.2 Å². The summed E-state index contributed by atoms with van der Waals surface area (Å²) >= 11 is 5.22. The van der Waals surface area contributed by atoms with Crippen LogP contribution in [0.2, 0.25) is 0 Å². The largest absolute Gasteiger partial charge is 0.366 e. The second-order valence-electron chi connectivity index (χ2n) is 5.37. The quantitative estimate of drug-likeness (QED) is 0.831. The highest BCUT2D eigenvalue weighted by atomic mass is 32.1. The van der Waals surface area contributed by atoms with Gasteiger partial charge in [0.15, 0.2) is 5.11 Å². The Labute approximate surface area is 131 Å². The van der Waals surface area contributed by atoms with Gasteiger partial charge < -0.3 is 15.5 Å². The second-order valence-corrected chi connectivity index (χ2v) is 5.76. The molecule has 2 N–H and O–H groups in total. The zero-order chi connectivity index (χ0) is 15.1. The van der Waals surface area contributed by atoms with E-state index >= 15 is 0 Å². The fraction of sp³-hybridized carbons (Fsp3) is 0.500. The maximum absolute atomic E-state index is 12.0. The number of nitrogens with one attached hydrogen (secondary N) is 2. The van der Waals surface area contributed by atoms with Gasteiger partial charge in [-0.15, -0.1) is 0 Å². The molecule has 1 aromatic carbocycles. The van der Waals surface area contributed by atoms with Crippen LogP contribution in [0.15, 0.2) is 30.3 Å². The third-order valence-electron chi connectivity index (χ3n) is 3.84. The summed E-state index contributed by atoms with van der Waals surface area (Å²) in [5.74, 6) is 0.147. The Hall–Kier alpha value is -1.62. The molecule has 5 heteroatoms. The van der Waals surface area contributed by atoms with E-state index in [1.54, 1.807) is 0 Å². The molecule has 0 radical (unpaired) electrons. The summed E-state index contributed by atoms with van der Waals surface area (Å²) in [6, 6.07) is 10.4. The second kappa shape index (κ2) is 7.98. The number of aryl methyl sites for hydroxylation is 1. The van der Waals surface area contributed by atoms with E-state index in [4.69, 9.17) is 12.2 Å². The number of likely N-dealkylation sites (tertiary alicyclic amines) is 1. The summed E-state index contributed by atoms with van der Waals surface area (Å²) in [5, 5.41) is 6.93. The molecule has 114 valence electrons. The number of nitrogens with zero attached hydrogens (tertiary/aromatic N) is 1. The van der Waals surface area contributed by atoms with Crippen molar-refractivity contribution in [1.29, 1.82) is 0 Å². The Morgan fingerprint density at radius 2 is 1.95 bits per heavy atom. The van der Waals surface area contributed by atoms with E-state index in [9.17, 15) is 4.79 Å². The van der Waals surface area contributed by atoms with Gasteiger partial charge in [-0.1, -0.05) is 30.3 Å². The molecule has 0 atom stereocenters. The first-order chi connectivity index (χ1) is 10.2. The van der Waals surface area contributed by atoms with E-state index in [0.717, 1.165) is 37.5 Å². The Bertz CT molecular complexity index is 470. The third kappa shape index (κ3) is 5.01. The van der Waals surface area contributed by atoms with Gasteiger partial charge in [0.05, 0.1) is 0 Å². The predicted octanol–water partition coefficient (Wildman–Crippen LogP) is 1.70. The number of amides is 1. The highest BCUT2D eigenvalue weighted by molar-refractivity contribution is 7.80. The van der Waals surface area contributed by atoms with Crippen molar-refractivity contribution in [2.45, 2.75) is 31.7 Å². The van der Waals surface area contributed by atoms with E-state index < -0.39 is 0 Å². The fourth-order valence-corrected chi connectivity index (χ4v) is 2.77. The minimum Gasteiger partial charge on any atom is -0.366 e. The van der Waals surface area contributed by atoms with Crippen molar-refractivity contribution in [1.82, 2.24) is 15.5 Å². The van der Waals surface area contributed by atoms with Crippen molar-refractivity contribution in [3.63, 3.8) is 0 Å². The minimum absolute atomic E-state index is 0.147. The minimum atomic E-state index is 0.147. The molecule has 0 aliphatic carbocycles. The molecular weight excluding hydrogens is 282 g/mol. The average Bonchev–Trinajstić information content (AvgIpc) is 2.54. The zero-order valence-corrected chi connectivity index (χ0v) is 13.3. The molecule has 0 unspecified atom stereocenters. The summed E-state index contributed by atoms with van der Waals surface area (Å²) in [4.78, 5) is 14.1. The Morgan fingerprint density at radius 1 is 1.29 bits per heavy atom. The molecule has 1 aliphatic rings. The number of hydrogen-bond donors (Lipinski definition) is 2. The molecule has 1 amide bonds. The number of piperidine rings is 1. The lowest BCUT2D eigenvalue weighted by atomic mass is 10.0. The number of rotatable bonds is 4.